The second-order valence-corrected chi connectivity index (χ2v) is 3.58. The van der Waals surface area contributed by atoms with Crippen LogP contribution in [-0.4, -0.2) is 23.2 Å². The van der Waals surface area contributed by atoms with Gasteiger partial charge in [0.1, 0.15) is 6.04 Å². The maximum atomic E-state index is 10.5. The van der Waals surface area contributed by atoms with Gasteiger partial charge in [-0.05, 0) is 31.6 Å². The summed E-state index contributed by atoms with van der Waals surface area (Å²) in [4.78, 5) is 10.5. The Labute approximate surface area is 65.8 Å². The summed E-state index contributed by atoms with van der Waals surface area (Å²) in [5.41, 5.74) is 0. The lowest BCUT2D eigenvalue weighted by Crippen LogP contribution is -2.36. The van der Waals surface area contributed by atoms with Crippen molar-refractivity contribution in [2.45, 2.75) is 37.8 Å². The van der Waals surface area contributed by atoms with Gasteiger partial charge in [-0.2, -0.15) is 0 Å². The van der Waals surface area contributed by atoms with Gasteiger partial charge in [-0.15, -0.1) is 0 Å². The van der Waals surface area contributed by atoms with Crippen LogP contribution in [0.25, 0.3) is 0 Å². The predicted octanol–water partition coefficient (Wildman–Crippen LogP) is 0.602. The lowest BCUT2D eigenvalue weighted by atomic mass is 10.1. The van der Waals surface area contributed by atoms with E-state index in [1.807, 2.05) is 0 Å². The molecule has 0 aromatic rings. The molecule has 0 unspecified atom stereocenters. The van der Waals surface area contributed by atoms with Crippen molar-refractivity contribution >= 4 is 5.97 Å². The van der Waals surface area contributed by atoms with Gasteiger partial charge in [0.05, 0.1) is 0 Å². The maximum Gasteiger partial charge on any atom is 0.320 e. The molecule has 62 valence electrons. The molecule has 11 heavy (non-hydrogen) atoms. The van der Waals surface area contributed by atoms with Crippen molar-refractivity contribution in [3.63, 3.8) is 0 Å². The van der Waals surface area contributed by atoms with Gasteiger partial charge in [-0.25, -0.2) is 0 Å². The Morgan fingerprint density at radius 2 is 2.00 bits per heavy atom. The fourth-order valence-corrected chi connectivity index (χ4v) is 1.84. The van der Waals surface area contributed by atoms with Crippen LogP contribution in [0.3, 0.4) is 0 Å². The molecular weight excluding hydrogens is 142 g/mol. The molecule has 3 heteroatoms. The van der Waals surface area contributed by atoms with Crippen LogP contribution in [0, 0.1) is 5.92 Å². The zero-order valence-corrected chi connectivity index (χ0v) is 6.42. The molecule has 3 nitrogen and oxygen atoms in total. The molecule has 1 aliphatic carbocycles. The number of carbonyl (C=O) groups is 1. The summed E-state index contributed by atoms with van der Waals surface area (Å²) < 4.78 is 0. The molecule has 2 N–H and O–H groups in total. The zero-order valence-electron chi connectivity index (χ0n) is 6.42. The Kier molecular flexibility index (Phi) is 1.60. The Balaban J connectivity index is 1.87. The Morgan fingerprint density at radius 1 is 1.27 bits per heavy atom. The quantitative estimate of drug-likeness (QED) is 0.614. The highest BCUT2D eigenvalue weighted by Gasteiger charge is 2.38. The van der Waals surface area contributed by atoms with E-state index in [9.17, 15) is 4.79 Å². The second-order valence-electron chi connectivity index (χ2n) is 3.58. The summed E-state index contributed by atoms with van der Waals surface area (Å²) >= 11 is 0. The van der Waals surface area contributed by atoms with Gasteiger partial charge in [-0.3, -0.25) is 4.79 Å². The van der Waals surface area contributed by atoms with Crippen LogP contribution in [0.2, 0.25) is 0 Å². The Morgan fingerprint density at radius 3 is 2.45 bits per heavy atom. The molecule has 0 aromatic heterocycles. The van der Waals surface area contributed by atoms with E-state index in [1.165, 1.54) is 12.8 Å². The molecule has 0 aromatic carbocycles. The largest absolute Gasteiger partial charge is 0.480 e. The fourth-order valence-electron chi connectivity index (χ4n) is 1.84. The molecule has 2 aliphatic rings. The molecule has 2 atom stereocenters. The molecule has 1 heterocycles. The van der Waals surface area contributed by atoms with Gasteiger partial charge in [0.25, 0.3) is 0 Å². The van der Waals surface area contributed by atoms with Crippen LogP contribution >= 0.6 is 0 Å². The lowest BCUT2D eigenvalue weighted by molar-refractivity contribution is -0.139. The first-order chi connectivity index (χ1) is 5.27. The minimum atomic E-state index is -0.687. The molecule has 0 amide bonds. The highest BCUT2D eigenvalue weighted by atomic mass is 16.4. The van der Waals surface area contributed by atoms with E-state index in [1.54, 1.807) is 0 Å². The van der Waals surface area contributed by atoms with Crippen LogP contribution in [0.5, 0.6) is 0 Å². The predicted molar refractivity (Wildman–Crippen MR) is 40.3 cm³/mol. The number of hydrogen-bond donors (Lipinski definition) is 2. The number of carboxylic acid groups (broad SMARTS) is 1. The van der Waals surface area contributed by atoms with Crippen molar-refractivity contribution in [2.75, 3.05) is 0 Å². The van der Waals surface area contributed by atoms with Crippen molar-refractivity contribution in [1.82, 2.24) is 5.32 Å². The highest BCUT2D eigenvalue weighted by molar-refractivity contribution is 5.73. The molecule has 2 rings (SSSR count). The van der Waals surface area contributed by atoms with Crippen molar-refractivity contribution in [3.05, 3.63) is 0 Å². The van der Waals surface area contributed by atoms with Gasteiger partial charge in [-0.1, -0.05) is 0 Å². The monoisotopic (exact) mass is 155 g/mol. The molecule has 0 bridgehead atoms. The number of carboxylic acids is 1. The first-order valence-electron chi connectivity index (χ1n) is 4.26. The smallest absolute Gasteiger partial charge is 0.320 e. The second kappa shape index (κ2) is 2.48. The third-order valence-corrected chi connectivity index (χ3v) is 2.67. The normalized spacial score (nSPS) is 37.5. The van der Waals surface area contributed by atoms with Gasteiger partial charge in [0.15, 0.2) is 0 Å². The van der Waals surface area contributed by atoms with E-state index in [0.717, 1.165) is 18.8 Å². The van der Waals surface area contributed by atoms with Crippen LogP contribution in [0.1, 0.15) is 25.7 Å². The molecule has 1 saturated heterocycles. The maximum absolute atomic E-state index is 10.5. The summed E-state index contributed by atoms with van der Waals surface area (Å²) in [5, 5.41) is 11.8. The molecule has 0 spiro atoms. The fraction of sp³-hybridized carbons (Fsp3) is 0.875. The van der Waals surface area contributed by atoms with Crippen molar-refractivity contribution in [2.24, 2.45) is 5.92 Å². The molecule has 1 saturated carbocycles. The number of rotatable bonds is 2. The van der Waals surface area contributed by atoms with Gasteiger partial charge < -0.3 is 10.4 Å². The number of hydrogen-bond acceptors (Lipinski definition) is 2. The number of aliphatic carboxylic acids is 1. The van der Waals surface area contributed by atoms with E-state index in [0.29, 0.717) is 6.04 Å². The van der Waals surface area contributed by atoms with E-state index in [-0.39, 0.29) is 6.04 Å². The molecule has 0 radical (unpaired) electrons. The summed E-state index contributed by atoms with van der Waals surface area (Å²) in [6, 6.07) is 0.247. The van der Waals surface area contributed by atoms with Gasteiger partial charge in [0.2, 0.25) is 0 Å². The summed E-state index contributed by atoms with van der Waals surface area (Å²) in [5.74, 6) is 0.104. The minimum Gasteiger partial charge on any atom is -0.480 e. The molecular formula is C8H13NO2. The van der Waals surface area contributed by atoms with E-state index in [4.69, 9.17) is 5.11 Å². The van der Waals surface area contributed by atoms with E-state index < -0.39 is 5.97 Å². The van der Waals surface area contributed by atoms with Crippen LogP contribution < -0.4 is 5.32 Å². The summed E-state index contributed by atoms with van der Waals surface area (Å²) in [7, 11) is 0. The van der Waals surface area contributed by atoms with Gasteiger partial charge >= 0.3 is 5.97 Å². The SMILES string of the molecule is O=C(O)[C@H]1CC[C@@H](C2CC2)N1. The molecule has 1 aliphatic heterocycles. The van der Waals surface area contributed by atoms with Gasteiger partial charge in [0, 0.05) is 6.04 Å². The minimum absolute atomic E-state index is 0.263. The zero-order chi connectivity index (χ0) is 7.84. The average molecular weight is 155 g/mol. The van der Waals surface area contributed by atoms with Crippen LogP contribution in [0.4, 0.5) is 0 Å². The summed E-state index contributed by atoms with van der Waals surface area (Å²) in [6.45, 7) is 0. The van der Waals surface area contributed by atoms with Crippen molar-refractivity contribution < 1.29 is 9.90 Å². The molecule has 2 fully saturated rings. The topological polar surface area (TPSA) is 49.3 Å². The van der Waals surface area contributed by atoms with Crippen LogP contribution in [-0.2, 0) is 4.79 Å². The Bertz CT molecular complexity index is 177. The average Bonchev–Trinajstić information content (AvgIpc) is 2.68. The first-order valence-corrected chi connectivity index (χ1v) is 4.26. The lowest BCUT2D eigenvalue weighted by Gasteiger charge is -2.09. The third-order valence-electron chi connectivity index (χ3n) is 2.67. The first kappa shape index (κ1) is 7.10. The number of nitrogens with one attached hydrogen (secondary N) is 1. The van der Waals surface area contributed by atoms with Crippen molar-refractivity contribution in [3.8, 4) is 0 Å². The van der Waals surface area contributed by atoms with Crippen molar-refractivity contribution in [1.29, 1.82) is 0 Å². The standard InChI is InChI=1S/C8H13NO2/c10-8(11)7-4-3-6(9-7)5-1-2-5/h5-7,9H,1-4H2,(H,10,11)/t6-,7+/m0/s1. The van der Waals surface area contributed by atoms with E-state index >= 15 is 0 Å². The Hall–Kier alpha value is -0.570. The highest BCUT2D eigenvalue weighted by Crippen LogP contribution is 2.37. The van der Waals surface area contributed by atoms with Crippen LogP contribution in [0.15, 0.2) is 0 Å². The summed E-state index contributed by atoms with van der Waals surface area (Å²) in [6.07, 6.45) is 4.46. The van der Waals surface area contributed by atoms with E-state index in [2.05, 4.69) is 5.32 Å². The third kappa shape index (κ3) is 1.38.